The average molecular weight is 435 g/mol. The van der Waals surface area contributed by atoms with Crippen molar-refractivity contribution in [3.05, 3.63) is 64.1 Å². The molecule has 0 spiro atoms. The van der Waals surface area contributed by atoms with E-state index in [9.17, 15) is 19.5 Å². The first-order chi connectivity index (χ1) is 15.4. The van der Waals surface area contributed by atoms with Crippen LogP contribution in [0.2, 0.25) is 0 Å². The molecule has 9 heteroatoms. The van der Waals surface area contributed by atoms with E-state index in [-0.39, 0.29) is 24.3 Å². The van der Waals surface area contributed by atoms with E-state index in [0.717, 1.165) is 5.56 Å². The van der Waals surface area contributed by atoms with Crippen molar-refractivity contribution in [1.82, 2.24) is 9.97 Å². The van der Waals surface area contributed by atoms with E-state index in [0.29, 0.717) is 44.6 Å². The lowest BCUT2D eigenvalue weighted by molar-refractivity contribution is -0.136. The molecule has 9 nitrogen and oxygen atoms in total. The number of hydrogen-bond donors (Lipinski definition) is 4. The zero-order valence-corrected chi connectivity index (χ0v) is 17.4. The summed E-state index contributed by atoms with van der Waals surface area (Å²) in [6.07, 6.45) is 1.29. The molecule has 0 aliphatic carbocycles. The van der Waals surface area contributed by atoms with Gasteiger partial charge in [0.05, 0.1) is 27.1 Å². The molecular formula is C23H21N3O6. The molecule has 0 radical (unpaired) electrons. The van der Waals surface area contributed by atoms with E-state index in [4.69, 9.17) is 9.47 Å². The van der Waals surface area contributed by atoms with Gasteiger partial charge in [-0.2, -0.15) is 0 Å². The topological polar surface area (TPSA) is 134 Å². The van der Waals surface area contributed by atoms with Crippen LogP contribution in [0.4, 0.5) is 5.69 Å². The third-order valence-electron chi connectivity index (χ3n) is 5.16. The molecule has 0 aliphatic heterocycles. The van der Waals surface area contributed by atoms with Gasteiger partial charge < -0.3 is 29.9 Å². The standard InChI is InChI=1S/C23H21N3O6/c1-31-17-6-3-12(7-18(17)32-2)8-19(27)25-14-4-5-16-15(10-14)21-13(9-20(28)29)11-24-23(30)22(21)26-16/h3-7,10-11,26H,8-9H2,1-2H3,(H,24,30)(H,25,27)(H,28,29). The highest BCUT2D eigenvalue weighted by Gasteiger charge is 2.15. The maximum Gasteiger partial charge on any atom is 0.307 e. The minimum Gasteiger partial charge on any atom is -0.493 e. The summed E-state index contributed by atoms with van der Waals surface area (Å²) in [5.41, 5.74) is 2.39. The largest absolute Gasteiger partial charge is 0.493 e. The molecule has 2 aromatic heterocycles. The number of pyridine rings is 1. The number of hydrogen-bond acceptors (Lipinski definition) is 5. The minimum atomic E-state index is -1.01. The van der Waals surface area contributed by atoms with Crippen LogP contribution in [0.3, 0.4) is 0 Å². The normalized spacial score (nSPS) is 10.9. The van der Waals surface area contributed by atoms with Crippen molar-refractivity contribution in [3.8, 4) is 11.5 Å². The lowest BCUT2D eigenvalue weighted by Gasteiger charge is -2.10. The predicted octanol–water partition coefficient (Wildman–Crippen LogP) is 2.83. The van der Waals surface area contributed by atoms with Gasteiger partial charge in [0.25, 0.3) is 5.56 Å². The van der Waals surface area contributed by atoms with Gasteiger partial charge in [0.15, 0.2) is 11.5 Å². The molecule has 4 N–H and O–H groups in total. The molecule has 1 amide bonds. The van der Waals surface area contributed by atoms with Gasteiger partial charge in [0.1, 0.15) is 5.52 Å². The van der Waals surface area contributed by atoms with E-state index in [1.54, 1.807) is 43.5 Å². The van der Waals surface area contributed by atoms with E-state index in [2.05, 4.69) is 15.3 Å². The molecule has 0 unspecified atom stereocenters. The number of aromatic amines is 2. The van der Waals surface area contributed by atoms with E-state index in [1.165, 1.54) is 13.3 Å². The van der Waals surface area contributed by atoms with Crippen LogP contribution >= 0.6 is 0 Å². The van der Waals surface area contributed by atoms with Crippen LogP contribution < -0.4 is 20.3 Å². The number of amides is 1. The summed E-state index contributed by atoms with van der Waals surface area (Å²) >= 11 is 0. The van der Waals surface area contributed by atoms with Crippen LogP contribution in [0, 0.1) is 0 Å². The van der Waals surface area contributed by atoms with Crippen molar-refractivity contribution >= 4 is 39.4 Å². The SMILES string of the molecule is COc1ccc(CC(=O)Nc2ccc3[nH]c4c(=O)[nH]cc(CC(=O)O)c4c3c2)cc1OC. The molecule has 4 aromatic rings. The summed E-state index contributed by atoms with van der Waals surface area (Å²) in [6.45, 7) is 0. The van der Waals surface area contributed by atoms with Crippen LogP contribution in [0.1, 0.15) is 11.1 Å². The Morgan fingerprint density at radius 1 is 1.03 bits per heavy atom. The summed E-state index contributed by atoms with van der Waals surface area (Å²) in [4.78, 5) is 41.7. The number of ether oxygens (including phenoxy) is 2. The molecular weight excluding hydrogens is 414 g/mol. The molecule has 0 atom stereocenters. The van der Waals surface area contributed by atoms with Gasteiger partial charge in [0, 0.05) is 28.2 Å². The second-order valence-corrected chi connectivity index (χ2v) is 7.26. The maximum absolute atomic E-state index is 12.6. The van der Waals surface area contributed by atoms with Gasteiger partial charge in [0.2, 0.25) is 5.91 Å². The van der Waals surface area contributed by atoms with Crippen LogP contribution in [0.25, 0.3) is 21.8 Å². The fourth-order valence-corrected chi connectivity index (χ4v) is 3.75. The second-order valence-electron chi connectivity index (χ2n) is 7.26. The number of aliphatic carboxylic acids is 1. The third-order valence-corrected chi connectivity index (χ3v) is 5.16. The van der Waals surface area contributed by atoms with Crippen LogP contribution in [-0.4, -0.2) is 41.2 Å². The zero-order valence-electron chi connectivity index (χ0n) is 17.4. The number of anilines is 1. The number of nitrogens with one attached hydrogen (secondary N) is 3. The lowest BCUT2D eigenvalue weighted by Crippen LogP contribution is -2.14. The number of carbonyl (C=O) groups is 2. The smallest absolute Gasteiger partial charge is 0.307 e. The lowest BCUT2D eigenvalue weighted by atomic mass is 10.1. The van der Waals surface area contributed by atoms with Crippen molar-refractivity contribution in [2.45, 2.75) is 12.8 Å². The monoisotopic (exact) mass is 435 g/mol. The van der Waals surface area contributed by atoms with Crippen molar-refractivity contribution in [2.75, 3.05) is 19.5 Å². The first kappa shape index (κ1) is 21.0. The zero-order chi connectivity index (χ0) is 22.8. The number of carboxylic acids is 1. The molecule has 0 bridgehead atoms. The third kappa shape index (κ3) is 4.00. The highest BCUT2D eigenvalue weighted by molar-refractivity contribution is 6.10. The summed E-state index contributed by atoms with van der Waals surface area (Å²) in [5.74, 6) is -0.130. The molecule has 164 valence electrons. The number of aromatic nitrogens is 2. The molecule has 2 aromatic carbocycles. The van der Waals surface area contributed by atoms with Gasteiger partial charge in [-0.05, 0) is 41.5 Å². The van der Waals surface area contributed by atoms with Crippen LogP contribution in [0.15, 0.2) is 47.4 Å². The Hall–Kier alpha value is -4.27. The number of carboxylic acid groups (broad SMARTS) is 1. The first-order valence-electron chi connectivity index (χ1n) is 9.78. The Labute approximate surface area is 182 Å². The van der Waals surface area contributed by atoms with E-state index in [1.807, 2.05) is 0 Å². The fourth-order valence-electron chi connectivity index (χ4n) is 3.75. The van der Waals surface area contributed by atoms with E-state index < -0.39 is 5.97 Å². The Bertz CT molecular complexity index is 1400. The predicted molar refractivity (Wildman–Crippen MR) is 120 cm³/mol. The Morgan fingerprint density at radius 3 is 2.53 bits per heavy atom. The summed E-state index contributed by atoms with van der Waals surface area (Å²) in [6, 6.07) is 10.5. The molecule has 32 heavy (non-hydrogen) atoms. The van der Waals surface area contributed by atoms with Gasteiger partial charge in [-0.1, -0.05) is 6.07 Å². The Kier molecular flexibility index (Phi) is 5.55. The van der Waals surface area contributed by atoms with Crippen molar-refractivity contribution in [2.24, 2.45) is 0 Å². The number of fused-ring (bicyclic) bond motifs is 3. The van der Waals surface area contributed by atoms with Gasteiger partial charge in [-0.25, -0.2) is 0 Å². The quantitative estimate of drug-likeness (QED) is 0.353. The highest BCUT2D eigenvalue weighted by atomic mass is 16.5. The highest BCUT2D eigenvalue weighted by Crippen LogP contribution is 2.30. The number of rotatable bonds is 7. The van der Waals surface area contributed by atoms with Crippen molar-refractivity contribution in [1.29, 1.82) is 0 Å². The summed E-state index contributed by atoms with van der Waals surface area (Å²) in [5, 5.41) is 13.3. The van der Waals surface area contributed by atoms with Gasteiger partial charge in [-0.3, -0.25) is 14.4 Å². The summed E-state index contributed by atoms with van der Waals surface area (Å²) in [7, 11) is 3.07. The van der Waals surface area contributed by atoms with E-state index >= 15 is 0 Å². The molecule has 0 saturated carbocycles. The Balaban J connectivity index is 1.64. The van der Waals surface area contributed by atoms with Gasteiger partial charge >= 0.3 is 5.97 Å². The van der Waals surface area contributed by atoms with Crippen molar-refractivity contribution < 1.29 is 24.2 Å². The number of H-pyrrole nitrogens is 2. The number of benzene rings is 2. The van der Waals surface area contributed by atoms with Crippen LogP contribution in [0.5, 0.6) is 11.5 Å². The molecule has 0 fully saturated rings. The maximum atomic E-state index is 12.6. The number of methoxy groups -OCH3 is 2. The number of carbonyl (C=O) groups excluding carboxylic acids is 1. The molecule has 0 aliphatic rings. The second kappa shape index (κ2) is 8.46. The van der Waals surface area contributed by atoms with Crippen LogP contribution in [-0.2, 0) is 22.4 Å². The molecule has 2 heterocycles. The van der Waals surface area contributed by atoms with Crippen molar-refractivity contribution in [3.63, 3.8) is 0 Å². The van der Waals surface area contributed by atoms with Gasteiger partial charge in [-0.15, -0.1) is 0 Å². The summed E-state index contributed by atoms with van der Waals surface area (Å²) < 4.78 is 10.5. The Morgan fingerprint density at radius 2 is 1.81 bits per heavy atom. The molecule has 0 saturated heterocycles. The fraction of sp³-hybridized carbons (Fsp3) is 0.174. The minimum absolute atomic E-state index is 0.121. The molecule has 4 rings (SSSR count). The average Bonchev–Trinajstić information content (AvgIpc) is 3.15. The first-order valence-corrected chi connectivity index (χ1v) is 9.78.